The van der Waals surface area contributed by atoms with Crippen LogP contribution in [0.25, 0.3) is 11.3 Å². The Balaban J connectivity index is 1.05. The van der Waals surface area contributed by atoms with Gasteiger partial charge in [0.1, 0.15) is 5.82 Å². The van der Waals surface area contributed by atoms with Gasteiger partial charge < -0.3 is 25.8 Å². The Kier molecular flexibility index (Phi) is 7.93. The number of benzene rings is 2. The monoisotopic (exact) mass is 551 g/mol. The van der Waals surface area contributed by atoms with Crippen molar-refractivity contribution in [2.45, 2.75) is 39.3 Å². The second kappa shape index (κ2) is 12.1. The number of hydrogen-bond acceptors (Lipinski definition) is 8. The average molecular weight is 552 g/mol. The van der Waals surface area contributed by atoms with E-state index in [-0.39, 0.29) is 11.9 Å². The predicted molar refractivity (Wildman–Crippen MR) is 162 cm³/mol. The van der Waals surface area contributed by atoms with Gasteiger partial charge in [-0.2, -0.15) is 0 Å². The van der Waals surface area contributed by atoms with Crippen LogP contribution in [0.15, 0.2) is 60.9 Å². The summed E-state index contributed by atoms with van der Waals surface area (Å²) in [6, 6.07) is 16.2. The maximum absolute atomic E-state index is 12.4. The highest BCUT2D eigenvalue weighted by Crippen LogP contribution is 2.26. The molecule has 212 valence electrons. The van der Waals surface area contributed by atoms with Crippen LogP contribution in [0.5, 0.6) is 0 Å². The molecule has 0 radical (unpaired) electrons. The van der Waals surface area contributed by atoms with E-state index in [1.807, 2.05) is 50.5 Å². The Hall–Kier alpha value is -4.28. The maximum atomic E-state index is 12.4. The standard InChI is InChI=1S/C31H37N9O/c1-21-18-34-31(38-29(21)23-5-7-24(8-6-23)36-30(41)27-4-3-13-32-27)37-25-9-11-26(12-10-25)40-16-14-39(15-17-40)20-28-33-19-22(2)35-28/h5-12,18-19,27,32H,3-4,13-17,20H2,1-2H3,(H,33,35)(H,36,41)(H,34,37,38)/t27-/m1/s1. The van der Waals surface area contributed by atoms with Crippen molar-refractivity contribution in [2.24, 2.45) is 0 Å². The number of nitrogens with zero attached hydrogens (tertiary/aromatic N) is 5. The van der Waals surface area contributed by atoms with Gasteiger partial charge >= 0.3 is 0 Å². The topological polar surface area (TPSA) is 114 Å². The Labute approximate surface area is 240 Å². The molecule has 41 heavy (non-hydrogen) atoms. The maximum Gasteiger partial charge on any atom is 0.241 e. The van der Waals surface area contributed by atoms with Crippen LogP contribution in [0, 0.1) is 13.8 Å². The van der Waals surface area contributed by atoms with Gasteiger partial charge in [-0.05, 0) is 75.2 Å². The van der Waals surface area contributed by atoms with E-state index in [2.05, 4.69) is 65.0 Å². The molecule has 2 aromatic carbocycles. The molecule has 0 spiro atoms. The molecule has 4 aromatic rings. The Morgan fingerprint density at radius 1 is 0.951 bits per heavy atom. The summed E-state index contributed by atoms with van der Waals surface area (Å²) in [5.41, 5.74) is 6.86. The van der Waals surface area contributed by atoms with Crippen molar-refractivity contribution >= 4 is 28.9 Å². The first-order chi connectivity index (χ1) is 20.0. The minimum Gasteiger partial charge on any atom is -0.369 e. The second-order valence-electron chi connectivity index (χ2n) is 10.9. The summed E-state index contributed by atoms with van der Waals surface area (Å²) in [7, 11) is 0. The van der Waals surface area contributed by atoms with Crippen molar-refractivity contribution in [1.82, 2.24) is 30.2 Å². The van der Waals surface area contributed by atoms with Crippen molar-refractivity contribution in [3.8, 4) is 11.3 Å². The molecule has 10 heteroatoms. The molecule has 10 nitrogen and oxygen atoms in total. The third-order valence-electron chi connectivity index (χ3n) is 7.76. The van der Waals surface area contributed by atoms with Gasteiger partial charge in [-0.1, -0.05) is 12.1 Å². The van der Waals surface area contributed by atoms with Crippen LogP contribution in [-0.2, 0) is 11.3 Å². The molecule has 2 aromatic heterocycles. The van der Waals surface area contributed by atoms with E-state index in [4.69, 9.17) is 4.98 Å². The smallest absolute Gasteiger partial charge is 0.241 e. The molecule has 0 aliphatic carbocycles. The molecule has 2 aliphatic rings. The first kappa shape index (κ1) is 26.9. The highest BCUT2D eigenvalue weighted by atomic mass is 16.2. The normalized spacial score (nSPS) is 17.5. The van der Waals surface area contributed by atoms with Crippen LogP contribution < -0.4 is 20.9 Å². The Bertz CT molecular complexity index is 1470. The third kappa shape index (κ3) is 6.55. The van der Waals surface area contributed by atoms with Crippen LogP contribution in [0.1, 0.15) is 29.9 Å². The van der Waals surface area contributed by atoms with Gasteiger partial charge in [0.15, 0.2) is 0 Å². The molecule has 1 amide bonds. The molecule has 1 atom stereocenters. The summed E-state index contributed by atoms with van der Waals surface area (Å²) in [6.45, 7) is 9.78. The molecule has 2 fully saturated rings. The van der Waals surface area contributed by atoms with Crippen LogP contribution in [0.2, 0.25) is 0 Å². The Morgan fingerprint density at radius 2 is 1.71 bits per heavy atom. The summed E-state index contributed by atoms with van der Waals surface area (Å²) in [5, 5.41) is 9.59. The van der Waals surface area contributed by atoms with Crippen molar-refractivity contribution in [3.63, 3.8) is 0 Å². The number of aryl methyl sites for hydroxylation is 2. The number of anilines is 4. The number of H-pyrrole nitrogens is 1. The van der Waals surface area contributed by atoms with Crippen LogP contribution in [-0.4, -0.2) is 69.5 Å². The molecule has 6 rings (SSSR count). The van der Waals surface area contributed by atoms with Gasteiger partial charge in [-0.25, -0.2) is 15.0 Å². The van der Waals surface area contributed by atoms with Gasteiger partial charge in [0.05, 0.1) is 18.3 Å². The Morgan fingerprint density at radius 3 is 2.39 bits per heavy atom. The number of nitrogens with one attached hydrogen (secondary N) is 4. The fraction of sp³-hybridized carbons (Fsp3) is 0.355. The SMILES string of the molecule is Cc1cnc(CN2CCN(c3ccc(Nc4ncc(C)c(-c5ccc(NC(=O)[C@H]6CCCN6)cc5)n4)cc3)CC2)[nH]1. The molecule has 0 unspecified atom stereocenters. The molecule has 0 bridgehead atoms. The third-order valence-corrected chi connectivity index (χ3v) is 7.76. The summed E-state index contributed by atoms with van der Waals surface area (Å²) in [5.74, 6) is 1.60. The largest absolute Gasteiger partial charge is 0.369 e. The van der Waals surface area contributed by atoms with Crippen LogP contribution in [0.3, 0.4) is 0 Å². The summed E-state index contributed by atoms with van der Waals surface area (Å²) < 4.78 is 0. The van der Waals surface area contributed by atoms with Crippen LogP contribution in [0.4, 0.5) is 23.0 Å². The van der Waals surface area contributed by atoms with E-state index in [9.17, 15) is 4.79 Å². The van der Waals surface area contributed by atoms with E-state index < -0.39 is 0 Å². The lowest BCUT2D eigenvalue weighted by atomic mass is 10.1. The zero-order valence-corrected chi connectivity index (χ0v) is 23.7. The number of piperazine rings is 1. The molecule has 4 N–H and O–H groups in total. The van der Waals surface area contributed by atoms with E-state index in [0.717, 1.165) is 91.8 Å². The summed E-state index contributed by atoms with van der Waals surface area (Å²) >= 11 is 0. The minimum atomic E-state index is -0.103. The van der Waals surface area contributed by atoms with Gasteiger partial charge in [-0.3, -0.25) is 9.69 Å². The van der Waals surface area contributed by atoms with Gasteiger partial charge in [0.25, 0.3) is 0 Å². The van der Waals surface area contributed by atoms with E-state index in [0.29, 0.717) is 5.95 Å². The minimum absolute atomic E-state index is 0.0216. The molecular weight excluding hydrogens is 514 g/mol. The molecule has 4 heterocycles. The number of aromatic nitrogens is 4. The van der Waals surface area contributed by atoms with Gasteiger partial charge in [0.2, 0.25) is 11.9 Å². The number of carbonyl (C=O) groups excluding carboxylic acids is 1. The first-order valence-corrected chi connectivity index (χ1v) is 14.3. The number of imidazole rings is 1. The number of aromatic amines is 1. The number of rotatable bonds is 8. The van der Waals surface area contributed by atoms with Crippen molar-refractivity contribution in [2.75, 3.05) is 48.3 Å². The lowest BCUT2D eigenvalue weighted by molar-refractivity contribution is -0.117. The molecular formula is C31H37N9O. The summed E-state index contributed by atoms with van der Waals surface area (Å²) in [4.78, 5) is 34.4. The highest BCUT2D eigenvalue weighted by molar-refractivity contribution is 5.95. The van der Waals surface area contributed by atoms with Crippen molar-refractivity contribution in [3.05, 3.63) is 78.0 Å². The zero-order chi connectivity index (χ0) is 28.2. The quantitative estimate of drug-likeness (QED) is 0.257. The van der Waals surface area contributed by atoms with E-state index >= 15 is 0 Å². The lowest BCUT2D eigenvalue weighted by Crippen LogP contribution is -2.46. The zero-order valence-electron chi connectivity index (χ0n) is 23.7. The second-order valence-corrected chi connectivity index (χ2v) is 10.9. The molecule has 2 saturated heterocycles. The lowest BCUT2D eigenvalue weighted by Gasteiger charge is -2.35. The van der Waals surface area contributed by atoms with E-state index in [1.165, 1.54) is 5.69 Å². The van der Waals surface area contributed by atoms with Gasteiger partial charge in [0, 0.05) is 66.9 Å². The fourth-order valence-corrected chi connectivity index (χ4v) is 5.45. The number of amides is 1. The van der Waals surface area contributed by atoms with Crippen molar-refractivity contribution in [1.29, 1.82) is 0 Å². The average Bonchev–Trinajstić information content (AvgIpc) is 3.68. The van der Waals surface area contributed by atoms with E-state index in [1.54, 1.807) is 0 Å². The molecule has 2 aliphatic heterocycles. The number of hydrogen-bond donors (Lipinski definition) is 4. The summed E-state index contributed by atoms with van der Waals surface area (Å²) in [6.07, 6.45) is 5.64. The highest BCUT2D eigenvalue weighted by Gasteiger charge is 2.22. The van der Waals surface area contributed by atoms with Crippen LogP contribution >= 0.6 is 0 Å². The fourth-order valence-electron chi connectivity index (χ4n) is 5.45. The van der Waals surface area contributed by atoms with Crippen molar-refractivity contribution < 1.29 is 4.79 Å². The molecule has 0 saturated carbocycles. The first-order valence-electron chi connectivity index (χ1n) is 14.3. The van der Waals surface area contributed by atoms with Gasteiger partial charge in [-0.15, -0.1) is 0 Å². The predicted octanol–water partition coefficient (Wildman–Crippen LogP) is 4.24. The number of carbonyl (C=O) groups is 1.